The van der Waals surface area contributed by atoms with Gasteiger partial charge in [0.1, 0.15) is 0 Å². The lowest BCUT2D eigenvalue weighted by atomic mass is 9.26. The zero-order valence-electron chi connectivity index (χ0n) is 24.2. The number of nitrogens with one attached hydrogen (secondary N) is 1. The van der Waals surface area contributed by atoms with Crippen LogP contribution < -0.4 is 5.06 Å². The molecule has 0 amide bonds. The summed E-state index contributed by atoms with van der Waals surface area (Å²) in [6.07, 6.45) is 25.1. The standard InChI is InChI=1S/C36H55NO/c1-37(38)16-2-13-36-14-11-21-7-10-24-17-22-8-5-19-3-4-20-6-9-23-18-25(12-15-36)32-34-29(23)27(20)26(19)28(22)33(34)30(24)31(21)35(32)36/h19-35,37H,2-18H2,1H3. The fourth-order valence-corrected chi connectivity index (χ4v) is 17.2. The molecule has 38 heavy (non-hydrogen) atoms. The van der Waals surface area contributed by atoms with E-state index in [9.17, 15) is 5.21 Å². The van der Waals surface area contributed by atoms with Crippen LogP contribution in [-0.2, 0) is 0 Å². The van der Waals surface area contributed by atoms with Gasteiger partial charge in [0.25, 0.3) is 0 Å². The lowest BCUT2D eigenvalue weighted by Gasteiger charge is -2.79. The van der Waals surface area contributed by atoms with Crippen LogP contribution in [0.1, 0.15) is 103 Å². The van der Waals surface area contributed by atoms with Crippen molar-refractivity contribution in [1.82, 2.24) is 0 Å². The molecule has 0 bridgehead atoms. The van der Waals surface area contributed by atoms with Crippen LogP contribution in [-0.4, -0.2) is 13.6 Å². The first-order valence-electron chi connectivity index (χ1n) is 18.1. The summed E-state index contributed by atoms with van der Waals surface area (Å²) < 4.78 is 0. The molecule has 2 nitrogen and oxygen atoms in total. The molecule has 10 aliphatic rings. The maximum absolute atomic E-state index is 12.0. The number of rotatable bonds is 4. The largest absolute Gasteiger partial charge is 0.634 e. The molecule has 10 fully saturated rings. The third-order valence-corrected chi connectivity index (χ3v) is 17.4. The SMILES string of the molecule is C[NH+]([O-])CCCC12CCC3CCC4CC5CCC6CCC7CCC8CC(CC1)C1C9C8C7C6C5C9C4C3C12. The van der Waals surface area contributed by atoms with Crippen LogP contribution in [0.15, 0.2) is 0 Å². The van der Waals surface area contributed by atoms with E-state index in [0.29, 0.717) is 10.5 Å². The highest BCUT2D eigenvalue weighted by molar-refractivity contribution is 5.22. The van der Waals surface area contributed by atoms with E-state index in [4.69, 9.17) is 0 Å². The summed E-state index contributed by atoms with van der Waals surface area (Å²) in [5.41, 5.74) is 0.626. The van der Waals surface area contributed by atoms with E-state index in [1.165, 1.54) is 18.8 Å². The molecule has 0 saturated heterocycles. The Bertz CT molecular complexity index is 976. The van der Waals surface area contributed by atoms with Crippen LogP contribution in [0.3, 0.4) is 0 Å². The zero-order valence-corrected chi connectivity index (χ0v) is 24.2. The average molecular weight is 518 g/mol. The Hall–Kier alpha value is -0.0800. The van der Waals surface area contributed by atoms with Gasteiger partial charge in [-0.15, -0.1) is 0 Å². The van der Waals surface area contributed by atoms with Crippen LogP contribution in [0, 0.1) is 111 Å². The molecule has 2 heteroatoms. The van der Waals surface area contributed by atoms with Crippen molar-refractivity contribution in [2.45, 2.75) is 103 Å². The number of hydrogen-bond donors (Lipinski definition) is 1. The molecule has 0 spiro atoms. The van der Waals surface area contributed by atoms with Gasteiger partial charge in [0.15, 0.2) is 0 Å². The Morgan fingerprint density at radius 2 is 0.921 bits per heavy atom. The second-order valence-electron chi connectivity index (χ2n) is 17.8. The maximum Gasteiger partial charge on any atom is 0.0766 e. The molecule has 10 aliphatic carbocycles. The molecule has 0 aromatic rings. The smallest absolute Gasteiger partial charge is 0.0766 e. The molecule has 10 saturated carbocycles. The minimum Gasteiger partial charge on any atom is -0.634 e. The van der Waals surface area contributed by atoms with Gasteiger partial charge in [-0.25, -0.2) is 0 Å². The number of hydroxylamine groups is 2. The van der Waals surface area contributed by atoms with Gasteiger partial charge >= 0.3 is 0 Å². The molecule has 19 unspecified atom stereocenters. The molecule has 0 aliphatic heterocycles. The highest BCUT2D eigenvalue weighted by Gasteiger charge is 2.74. The van der Waals surface area contributed by atoms with Gasteiger partial charge in [0.2, 0.25) is 0 Å². The third kappa shape index (κ3) is 2.81. The van der Waals surface area contributed by atoms with Gasteiger partial charge in [-0.05, 0) is 209 Å². The van der Waals surface area contributed by atoms with Crippen molar-refractivity contribution in [2.24, 2.45) is 106 Å². The van der Waals surface area contributed by atoms with Gasteiger partial charge in [-0.2, -0.15) is 0 Å². The van der Waals surface area contributed by atoms with Crippen molar-refractivity contribution in [3.05, 3.63) is 5.21 Å². The summed E-state index contributed by atoms with van der Waals surface area (Å²) in [7, 11) is 1.85. The van der Waals surface area contributed by atoms with Crippen LogP contribution in [0.25, 0.3) is 0 Å². The highest BCUT2D eigenvalue weighted by Crippen LogP contribution is 2.80. The third-order valence-electron chi connectivity index (χ3n) is 17.4. The van der Waals surface area contributed by atoms with Crippen LogP contribution in [0.5, 0.6) is 0 Å². The van der Waals surface area contributed by atoms with Crippen molar-refractivity contribution in [3.63, 3.8) is 0 Å². The van der Waals surface area contributed by atoms with Gasteiger partial charge in [0.05, 0.1) is 13.6 Å². The molecule has 210 valence electrons. The fourth-order valence-electron chi connectivity index (χ4n) is 17.2. The summed E-state index contributed by atoms with van der Waals surface area (Å²) in [6.45, 7) is 0.857. The summed E-state index contributed by atoms with van der Waals surface area (Å²) in [4.78, 5) is 0. The van der Waals surface area contributed by atoms with Crippen molar-refractivity contribution in [3.8, 4) is 0 Å². The van der Waals surface area contributed by atoms with Crippen LogP contribution >= 0.6 is 0 Å². The summed E-state index contributed by atoms with van der Waals surface area (Å²) in [5, 5.41) is 12.5. The van der Waals surface area contributed by atoms with Gasteiger partial charge in [-0.1, -0.05) is 0 Å². The maximum atomic E-state index is 12.0. The van der Waals surface area contributed by atoms with E-state index in [-0.39, 0.29) is 0 Å². The highest BCUT2D eigenvalue weighted by atomic mass is 16.5. The lowest BCUT2D eigenvalue weighted by Crippen LogP contribution is -3.03. The lowest BCUT2D eigenvalue weighted by molar-refractivity contribution is -0.826. The Morgan fingerprint density at radius 3 is 1.50 bits per heavy atom. The Balaban J connectivity index is 1.14. The molecule has 19 atom stereocenters. The van der Waals surface area contributed by atoms with Gasteiger partial charge in [0, 0.05) is 0 Å². The van der Waals surface area contributed by atoms with E-state index < -0.39 is 0 Å². The first-order chi connectivity index (χ1) is 18.6. The molecule has 1 N–H and O–H groups in total. The predicted octanol–water partition coefficient (Wildman–Crippen LogP) is 6.84. The normalized spacial score (nSPS) is 64.7. The quantitative estimate of drug-likeness (QED) is 0.406. The average Bonchev–Trinajstić information content (AvgIpc) is 2.94. The Kier molecular flexibility index (Phi) is 4.97. The number of quaternary nitrogens is 1. The van der Waals surface area contributed by atoms with Crippen molar-refractivity contribution in [1.29, 1.82) is 0 Å². The molecule has 0 aromatic carbocycles. The van der Waals surface area contributed by atoms with Crippen molar-refractivity contribution >= 4 is 0 Å². The van der Waals surface area contributed by atoms with Crippen LogP contribution in [0.4, 0.5) is 0 Å². The molecule has 0 aromatic heterocycles. The first kappa shape index (κ1) is 23.5. The van der Waals surface area contributed by atoms with Crippen molar-refractivity contribution in [2.75, 3.05) is 13.6 Å². The Morgan fingerprint density at radius 1 is 0.526 bits per heavy atom. The fraction of sp³-hybridized carbons (Fsp3) is 1.00. The van der Waals surface area contributed by atoms with E-state index in [2.05, 4.69) is 0 Å². The monoisotopic (exact) mass is 517 g/mol. The topological polar surface area (TPSA) is 27.5 Å². The molecular weight excluding hydrogens is 462 g/mol. The van der Waals surface area contributed by atoms with Gasteiger partial charge in [-0.3, -0.25) is 0 Å². The predicted molar refractivity (Wildman–Crippen MR) is 151 cm³/mol. The molecule has 0 radical (unpaired) electrons. The minimum absolute atomic E-state index is 0.444. The molecule has 0 heterocycles. The van der Waals surface area contributed by atoms with Crippen molar-refractivity contribution < 1.29 is 5.06 Å². The minimum atomic E-state index is 0.444. The summed E-state index contributed by atoms with van der Waals surface area (Å²) >= 11 is 0. The van der Waals surface area contributed by atoms with E-state index in [1.807, 2.05) is 7.05 Å². The summed E-state index contributed by atoms with van der Waals surface area (Å²) in [6, 6.07) is 0. The van der Waals surface area contributed by atoms with Crippen LogP contribution in [0.2, 0.25) is 0 Å². The molecule has 10 rings (SSSR count). The Labute approximate surface area is 232 Å². The molecular formula is C36H55NO. The van der Waals surface area contributed by atoms with E-state index in [0.717, 1.165) is 101 Å². The summed E-state index contributed by atoms with van der Waals surface area (Å²) in [5.74, 6) is 19.1. The van der Waals surface area contributed by atoms with Gasteiger partial charge < -0.3 is 10.3 Å². The zero-order chi connectivity index (χ0) is 24.9. The second kappa shape index (κ2) is 8.05. The van der Waals surface area contributed by atoms with E-state index >= 15 is 0 Å². The number of hydrogen-bond acceptors (Lipinski definition) is 1. The second-order valence-corrected chi connectivity index (χ2v) is 17.8. The first-order valence-corrected chi connectivity index (χ1v) is 18.1. The van der Waals surface area contributed by atoms with E-state index in [1.54, 1.807) is 89.9 Å².